The summed E-state index contributed by atoms with van der Waals surface area (Å²) < 4.78 is 27.5. The topological polar surface area (TPSA) is 79.4 Å². The van der Waals surface area contributed by atoms with Crippen LogP contribution in [0.15, 0.2) is 53.4 Å². The van der Waals surface area contributed by atoms with Gasteiger partial charge in [0.05, 0.1) is 16.2 Å². The van der Waals surface area contributed by atoms with Crippen LogP contribution in [-0.4, -0.2) is 36.7 Å². The molecule has 6 nitrogen and oxygen atoms in total. The van der Waals surface area contributed by atoms with Crippen LogP contribution in [0.25, 0.3) is 10.9 Å². The number of sulfonamides is 1. The van der Waals surface area contributed by atoms with E-state index in [1.165, 1.54) is 22.5 Å². The number of aryl methyl sites for hydroxylation is 1. The smallest absolute Gasteiger partial charge is 0.255 e. The highest BCUT2D eigenvalue weighted by Crippen LogP contribution is 2.29. The molecule has 2 aromatic carbocycles. The molecule has 8 heteroatoms. The largest absolute Gasteiger partial charge is 0.320 e. The lowest BCUT2D eigenvalue weighted by Gasteiger charge is -2.26. The van der Waals surface area contributed by atoms with Crippen molar-refractivity contribution in [2.75, 3.05) is 18.4 Å². The van der Waals surface area contributed by atoms with Crippen LogP contribution in [0.3, 0.4) is 0 Å². The van der Waals surface area contributed by atoms with E-state index in [9.17, 15) is 13.2 Å². The molecule has 0 atom stereocenters. The SMILES string of the molecule is Cc1ccc2cccc(NC(=O)c3ccc(Cl)c(S(=O)(=O)N4CCCCC4)c3)c2n1. The quantitative estimate of drug-likeness (QED) is 0.637. The minimum absolute atomic E-state index is 0.0365. The fraction of sp³-hybridized carbons (Fsp3) is 0.273. The molecule has 4 rings (SSSR count). The molecular formula is C22H22ClN3O3S. The van der Waals surface area contributed by atoms with Gasteiger partial charge in [-0.05, 0) is 50.1 Å². The molecule has 30 heavy (non-hydrogen) atoms. The number of aromatic nitrogens is 1. The summed E-state index contributed by atoms with van der Waals surface area (Å²) in [6.07, 6.45) is 2.66. The van der Waals surface area contributed by atoms with Gasteiger partial charge in [0, 0.05) is 29.7 Å². The van der Waals surface area contributed by atoms with Crippen molar-refractivity contribution in [3.8, 4) is 0 Å². The Hall–Kier alpha value is -2.48. The van der Waals surface area contributed by atoms with E-state index in [1.807, 2.05) is 31.2 Å². The molecule has 3 aromatic rings. The van der Waals surface area contributed by atoms with E-state index in [0.29, 0.717) is 24.3 Å². The van der Waals surface area contributed by atoms with Crippen molar-refractivity contribution in [3.05, 3.63) is 64.8 Å². The first kappa shape index (κ1) is 20.8. The lowest BCUT2D eigenvalue weighted by molar-refractivity contribution is 0.102. The highest BCUT2D eigenvalue weighted by Gasteiger charge is 2.28. The van der Waals surface area contributed by atoms with Crippen molar-refractivity contribution in [3.63, 3.8) is 0 Å². The van der Waals surface area contributed by atoms with Gasteiger partial charge in [-0.25, -0.2) is 8.42 Å². The van der Waals surface area contributed by atoms with Crippen molar-refractivity contribution in [2.24, 2.45) is 0 Å². The third kappa shape index (κ3) is 4.05. The highest BCUT2D eigenvalue weighted by molar-refractivity contribution is 7.89. The number of carbonyl (C=O) groups is 1. The zero-order valence-corrected chi connectivity index (χ0v) is 18.1. The summed E-state index contributed by atoms with van der Waals surface area (Å²) in [5.74, 6) is -0.419. The van der Waals surface area contributed by atoms with Gasteiger partial charge in [0.25, 0.3) is 5.91 Å². The van der Waals surface area contributed by atoms with Crippen LogP contribution in [0.1, 0.15) is 35.3 Å². The second kappa shape index (κ2) is 8.34. The van der Waals surface area contributed by atoms with E-state index in [2.05, 4.69) is 10.3 Å². The zero-order valence-electron chi connectivity index (χ0n) is 16.6. The Kier molecular flexibility index (Phi) is 5.77. The first-order chi connectivity index (χ1) is 14.4. The molecule has 0 unspecified atom stereocenters. The monoisotopic (exact) mass is 443 g/mol. The molecule has 0 saturated carbocycles. The summed E-state index contributed by atoms with van der Waals surface area (Å²) in [7, 11) is -3.75. The van der Waals surface area contributed by atoms with Crippen LogP contribution in [0.4, 0.5) is 5.69 Å². The van der Waals surface area contributed by atoms with Crippen LogP contribution in [0.5, 0.6) is 0 Å². The van der Waals surface area contributed by atoms with Gasteiger partial charge in [-0.15, -0.1) is 0 Å². The van der Waals surface area contributed by atoms with E-state index in [-0.39, 0.29) is 15.5 Å². The molecule has 0 spiro atoms. The number of piperidine rings is 1. The van der Waals surface area contributed by atoms with Gasteiger partial charge in [-0.2, -0.15) is 4.31 Å². The lowest BCUT2D eigenvalue weighted by atomic mass is 10.1. The number of rotatable bonds is 4. The Bertz CT molecular complexity index is 1220. The van der Waals surface area contributed by atoms with Gasteiger partial charge < -0.3 is 5.32 Å². The third-order valence-corrected chi connectivity index (χ3v) is 7.61. The number of nitrogens with zero attached hydrogens (tertiary/aromatic N) is 2. The normalized spacial score (nSPS) is 15.3. The molecule has 0 radical (unpaired) electrons. The van der Waals surface area contributed by atoms with Crippen LogP contribution in [0, 0.1) is 6.92 Å². The predicted molar refractivity (Wildman–Crippen MR) is 118 cm³/mol. The van der Waals surface area contributed by atoms with Gasteiger partial charge >= 0.3 is 0 Å². The number of benzene rings is 2. The number of para-hydroxylation sites is 1. The summed E-state index contributed by atoms with van der Waals surface area (Å²) in [4.78, 5) is 17.4. The van der Waals surface area contributed by atoms with E-state index in [1.54, 1.807) is 6.07 Å². The van der Waals surface area contributed by atoms with Crippen LogP contribution < -0.4 is 5.32 Å². The number of nitrogens with one attached hydrogen (secondary N) is 1. The van der Waals surface area contributed by atoms with Crippen molar-refractivity contribution >= 4 is 44.1 Å². The van der Waals surface area contributed by atoms with Crippen molar-refractivity contribution < 1.29 is 13.2 Å². The molecule has 0 bridgehead atoms. The minimum atomic E-state index is -3.75. The third-order valence-electron chi connectivity index (χ3n) is 5.23. The van der Waals surface area contributed by atoms with Crippen molar-refractivity contribution in [1.29, 1.82) is 0 Å². The maximum absolute atomic E-state index is 13.1. The number of fused-ring (bicyclic) bond motifs is 1. The maximum atomic E-state index is 13.1. The van der Waals surface area contributed by atoms with Gasteiger partial charge in [-0.3, -0.25) is 9.78 Å². The van der Waals surface area contributed by atoms with E-state index in [0.717, 1.165) is 30.3 Å². The van der Waals surface area contributed by atoms with Crippen molar-refractivity contribution in [1.82, 2.24) is 9.29 Å². The average Bonchev–Trinajstić information content (AvgIpc) is 2.75. The predicted octanol–water partition coefficient (Wildman–Crippen LogP) is 4.62. The summed E-state index contributed by atoms with van der Waals surface area (Å²) in [5.41, 5.74) is 2.31. The Balaban J connectivity index is 1.66. The number of carbonyl (C=O) groups excluding carboxylic acids is 1. The van der Waals surface area contributed by atoms with Gasteiger partial charge in [0.15, 0.2) is 0 Å². The molecule has 1 aromatic heterocycles. The molecule has 1 fully saturated rings. The Labute approximate surface area is 180 Å². The van der Waals surface area contributed by atoms with E-state index in [4.69, 9.17) is 11.6 Å². The molecule has 1 saturated heterocycles. The number of hydrogen-bond donors (Lipinski definition) is 1. The molecular weight excluding hydrogens is 422 g/mol. The summed E-state index contributed by atoms with van der Waals surface area (Å²) in [6.45, 7) is 2.82. The first-order valence-corrected chi connectivity index (χ1v) is 11.7. The maximum Gasteiger partial charge on any atom is 0.255 e. The molecule has 156 valence electrons. The van der Waals surface area contributed by atoms with E-state index >= 15 is 0 Å². The second-order valence-corrected chi connectivity index (χ2v) is 9.71. The van der Waals surface area contributed by atoms with Crippen LogP contribution in [-0.2, 0) is 10.0 Å². The molecule has 1 aliphatic rings. The summed E-state index contributed by atoms with van der Waals surface area (Å²) in [6, 6.07) is 13.7. The number of pyridine rings is 1. The minimum Gasteiger partial charge on any atom is -0.320 e. The average molecular weight is 444 g/mol. The molecule has 2 heterocycles. The first-order valence-electron chi connectivity index (χ1n) is 9.84. The summed E-state index contributed by atoms with van der Waals surface area (Å²) in [5, 5.41) is 3.87. The standard InChI is InChI=1S/C22H22ClN3O3S/c1-15-8-9-16-6-5-7-19(21(16)24-15)25-22(27)17-10-11-18(23)20(14-17)30(28,29)26-12-3-2-4-13-26/h5-11,14H,2-4,12-13H2,1H3,(H,25,27). The van der Waals surface area contributed by atoms with Crippen LogP contribution in [0.2, 0.25) is 5.02 Å². The van der Waals surface area contributed by atoms with Gasteiger partial charge in [0.1, 0.15) is 4.90 Å². The van der Waals surface area contributed by atoms with Gasteiger partial charge in [-0.1, -0.05) is 36.2 Å². The molecule has 1 amide bonds. The Morgan fingerprint density at radius 3 is 2.60 bits per heavy atom. The van der Waals surface area contributed by atoms with Crippen LogP contribution >= 0.6 is 11.6 Å². The Morgan fingerprint density at radius 1 is 1.07 bits per heavy atom. The zero-order chi connectivity index (χ0) is 21.3. The second-order valence-electron chi connectivity index (χ2n) is 7.39. The molecule has 1 N–H and O–H groups in total. The number of amides is 1. The van der Waals surface area contributed by atoms with Crippen molar-refractivity contribution in [2.45, 2.75) is 31.1 Å². The van der Waals surface area contributed by atoms with Gasteiger partial charge in [0.2, 0.25) is 10.0 Å². The highest BCUT2D eigenvalue weighted by atomic mass is 35.5. The fourth-order valence-electron chi connectivity index (χ4n) is 3.63. The molecule has 0 aliphatic carbocycles. The number of hydrogen-bond acceptors (Lipinski definition) is 4. The molecule has 1 aliphatic heterocycles. The number of halogens is 1. The summed E-state index contributed by atoms with van der Waals surface area (Å²) >= 11 is 6.21. The Morgan fingerprint density at radius 2 is 1.83 bits per heavy atom. The number of anilines is 1. The lowest BCUT2D eigenvalue weighted by Crippen LogP contribution is -2.35. The fourth-order valence-corrected chi connectivity index (χ4v) is 5.64. The van der Waals surface area contributed by atoms with E-state index < -0.39 is 15.9 Å².